The molecule has 8 heteroatoms. The van der Waals surface area contributed by atoms with Crippen LogP contribution in [0.4, 0.5) is 8.78 Å². The van der Waals surface area contributed by atoms with Crippen molar-refractivity contribution in [2.45, 2.75) is 46.8 Å². The Balaban J connectivity index is 1.95. The number of hydrogen-bond acceptors (Lipinski definition) is 4. The molecular weight excluding hydrogens is 370 g/mol. The number of amides is 1. The summed E-state index contributed by atoms with van der Waals surface area (Å²) in [6.07, 6.45) is 0.262. The summed E-state index contributed by atoms with van der Waals surface area (Å²) in [5.41, 5.74) is 2.65. The van der Waals surface area contributed by atoms with Crippen molar-refractivity contribution in [3.05, 3.63) is 52.3 Å². The van der Waals surface area contributed by atoms with E-state index in [4.69, 9.17) is 4.74 Å². The lowest BCUT2D eigenvalue weighted by Crippen LogP contribution is -2.26. The van der Waals surface area contributed by atoms with Gasteiger partial charge in [0, 0.05) is 12.2 Å². The Labute approximate surface area is 162 Å². The third-order valence-corrected chi connectivity index (χ3v) is 4.06. The van der Waals surface area contributed by atoms with Crippen LogP contribution in [0.5, 0.6) is 5.75 Å². The van der Waals surface area contributed by atoms with Crippen molar-refractivity contribution in [1.82, 2.24) is 10.3 Å². The van der Waals surface area contributed by atoms with Gasteiger partial charge in [-0.05, 0) is 57.4 Å². The van der Waals surface area contributed by atoms with E-state index in [0.717, 1.165) is 5.56 Å². The molecule has 1 aromatic heterocycles. The first-order valence-electron chi connectivity index (χ1n) is 8.91. The Morgan fingerprint density at radius 3 is 2.36 bits per heavy atom. The fourth-order valence-corrected chi connectivity index (χ4v) is 2.80. The molecule has 6 nitrogen and oxygen atoms in total. The zero-order valence-electron chi connectivity index (χ0n) is 16.3. The number of ether oxygens (including phenoxy) is 2. The number of aryl methyl sites for hydroxylation is 1. The molecule has 1 heterocycles. The molecule has 2 N–H and O–H groups in total. The van der Waals surface area contributed by atoms with Crippen LogP contribution in [0, 0.1) is 13.8 Å². The van der Waals surface area contributed by atoms with Crippen LogP contribution in [0.25, 0.3) is 0 Å². The van der Waals surface area contributed by atoms with Gasteiger partial charge in [0.15, 0.2) is 0 Å². The second kappa shape index (κ2) is 9.34. The van der Waals surface area contributed by atoms with Gasteiger partial charge in [0.05, 0.1) is 11.7 Å². The van der Waals surface area contributed by atoms with Crippen LogP contribution in [-0.4, -0.2) is 36.1 Å². The second-order valence-corrected chi connectivity index (χ2v) is 6.61. The van der Waals surface area contributed by atoms with Gasteiger partial charge in [0.25, 0.3) is 5.91 Å². The summed E-state index contributed by atoms with van der Waals surface area (Å²) < 4.78 is 33.8. The van der Waals surface area contributed by atoms with Gasteiger partial charge in [0.1, 0.15) is 11.4 Å². The lowest BCUT2D eigenvalue weighted by Gasteiger charge is -2.09. The number of nitrogens with one attached hydrogen (secondary N) is 2. The third-order valence-electron chi connectivity index (χ3n) is 4.06. The molecule has 0 bridgehead atoms. The number of alkyl halides is 2. The monoisotopic (exact) mass is 394 g/mol. The predicted molar refractivity (Wildman–Crippen MR) is 99.9 cm³/mol. The molecule has 0 atom stereocenters. The largest absolute Gasteiger partial charge is 0.459 e. The van der Waals surface area contributed by atoms with Crippen molar-refractivity contribution in [3.8, 4) is 5.75 Å². The molecular formula is C20H24F2N2O4. The standard InChI is InChI=1S/C20H24F2N2O4/c1-11(2)27-19(26)16-12(3)17(24-13(16)4)18(25)23-10-9-14-5-7-15(8-6-14)28-20(21)22/h5-8,11,20,24H,9-10H2,1-4H3,(H,23,25). The van der Waals surface area contributed by atoms with Crippen molar-refractivity contribution in [2.24, 2.45) is 0 Å². The molecule has 0 unspecified atom stereocenters. The molecule has 1 amide bonds. The van der Waals surface area contributed by atoms with Gasteiger partial charge in [0.2, 0.25) is 0 Å². The molecule has 28 heavy (non-hydrogen) atoms. The molecule has 0 fully saturated rings. The van der Waals surface area contributed by atoms with E-state index in [1.807, 2.05) is 0 Å². The topological polar surface area (TPSA) is 80.4 Å². The summed E-state index contributed by atoms with van der Waals surface area (Å²) in [4.78, 5) is 27.6. The Kier molecular flexibility index (Phi) is 7.14. The first-order valence-corrected chi connectivity index (χ1v) is 8.91. The van der Waals surface area contributed by atoms with Gasteiger partial charge in [-0.2, -0.15) is 8.78 Å². The fraction of sp³-hybridized carbons (Fsp3) is 0.400. The highest BCUT2D eigenvalue weighted by atomic mass is 19.3. The van der Waals surface area contributed by atoms with E-state index < -0.39 is 12.6 Å². The Morgan fingerprint density at radius 2 is 1.79 bits per heavy atom. The average Bonchev–Trinajstić information content (AvgIpc) is 2.90. The summed E-state index contributed by atoms with van der Waals surface area (Å²) in [5, 5.41) is 2.78. The van der Waals surface area contributed by atoms with Crippen molar-refractivity contribution in [1.29, 1.82) is 0 Å². The van der Waals surface area contributed by atoms with Crippen LogP contribution < -0.4 is 10.1 Å². The molecule has 152 valence electrons. The van der Waals surface area contributed by atoms with Crippen molar-refractivity contribution >= 4 is 11.9 Å². The van der Waals surface area contributed by atoms with Crippen LogP contribution >= 0.6 is 0 Å². The van der Waals surface area contributed by atoms with Crippen LogP contribution in [0.1, 0.15) is 51.5 Å². The van der Waals surface area contributed by atoms with Gasteiger partial charge < -0.3 is 19.8 Å². The summed E-state index contributed by atoms with van der Waals surface area (Å²) in [5.74, 6) is -0.714. The minimum Gasteiger partial charge on any atom is -0.459 e. The van der Waals surface area contributed by atoms with E-state index in [2.05, 4.69) is 15.0 Å². The Bertz CT molecular complexity index is 829. The van der Waals surface area contributed by atoms with Crippen molar-refractivity contribution in [2.75, 3.05) is 6.54 Å². The highest BCUT2D eigenvalue weighted by Gasteiger charge is 2.23. The first kappa shape index (κ1) is 21.4. The third kappa shape index (κ3) is 5.55. The number of benzene rings is 1. The van der Waals surface area contributed by atoms with E-state index in [9.17, 15) is 18.4 Å². The van der Waals surface area contributed by atoms with Gasteiger partial charge in [-0.3, -0.25) is 4.79 Å². The number of halogens is 2. The molecule has 0 radical (unpaired) electrons. The zero-order chi connectivity index (χ0) is 20.8. The minimum atomic E-state index is -2.86. The maximum atomic E-state index is 12.4. The van der Waals surface area contributed by atoms with E-state index >= 15 is 0 Å². The number of aromatic nitrogens is 1. The number of H-pyrrole nitrogens is 1. The van der Waals surface area contributed by atoms with E-state index in [0.29, 0.717) is 35.5 Å². The summed E-state index contributed by atoms with van der Waals surface area (Å²) in [6, 6.07) is 6.23. The first-order chi connectivity index (χ1) is 13.2. The smallest absolute Gasteiger partial charge is 0.387 e. The van der Waals surface area contributed by atoms with Crippen LogP contribution in [-0.2, 0) is 11.2 Å². The number of carbonyl (C=O) groups excluding carboxylic acids is 2. The quantitative estimate of drug-likeness (QED) is 0.668. The zero-order valence-corrected chi connectivity index (χ0v) is 16.3. The molecule has 0 saturated carbocycles. The van der Waals surface area contributed by atoms with E-state index in [1.54, 1.807) is 39.8 Å². The maximum absolute atomic E-state index is 12.4. The lowest BCUT2D eigenvalue weighted by atomic mass is 10.1. The molecule has 0 aliphatic heterocycles. The van der Waals surface area contributed by atoms with Crippen LogP contribution in [0.3, 0.4) is 0 Å². The minimum absolute atomic E-state index is 0.0843. The van der Waals surface area contributed by atoms with Gasteiger partial charge in [-0.15, -0.1) is 0 Å². The highest BCUT2D eigenvalue weighted by Crippen LogP contribution is 2.20. The summed E-state index contributed by atoms with van der Waals surface area (Å²) >= 11 is 0. The maximum Gasteiger partial charge on any atom is 0.387 e. The van der Waals surface area contributed by atoms with E-state index in [-0.39, 0.29) is 17.8 Å². The van der Waals surface area contributed by atoms with E-state index in [1.165, 1.54) is 12.1 Å². The SMILES string of the molecule is Cc1[nH]c(C(=O)NCCc2ccc(OC(F)F)cc2)c(C)c1C(=O)OC(C)C. The number of rotatable bonds is 8. The molecule has 2 rings (SSSR count). The number of esters is 1. The molecule has 2 aromatic rings. The second-order valence-electron chi connectivity index (χ2n) is 6.61. The van der Waals surface area contributed by atoms with Gasteiger partial charge >= 0.3 is 12.6 Å². The van der Waals surface area contributed by atoms with Gasteiger partial charge in [-0.1, -0.05) is 12.1 Å². The van der Waals surface area contributed by atoms with Crippen LogP contribution in [0.2, 0.25) is 0 Å². The molecule has 0 spiro atoms. The van der Waals surface area contributed by atoms with Gasteiger partial charge in [-0.25, -0.2) is 4.79 Å². The number of hydrogen-bond donors (Lipinski definition) is 2. The van der Waals surface area contributed by atoms with Crippen molar-refractivity contribution in [3.63, 3.8) is 0 Å². The van der Waals surface area contributed by atoms with Crippen molar-refractivity contribution < 1.29 is 27.8 Å². The number of aromatic amines is 1. The fourth-order valence-electron chi connectivity index (χ4n) is 2.80. The normalized spacial score (nSPS) is 11.0. The number of carbonyl (C=O) groups is 2. The lowest BCUT2D eigenvalue weighted by molar-refractivity contribution is -0.0498. The predicted octanol–water partition coefficient (Wildman–Crippen LogP) is 3.77. The Morgan fingerprint density at radius 1 is 1.14 bits per heavy atom. The molecule has 1 aromatic carbocycles. The van der Waals surface area contributed by atoms with Crippen LogP contribution in [0.15, 0.2) is 24.3 Å². The summed E-state index contributed by atoms with van der Waals surface area (Å²) in [7, 11) is 0. The molecule has 0 aliphatic rings. The average molecular weight is 394 g/mol. The Hall–Kier alpha value is -2.90. The molecule has 0 aliphatic carbocycles. The highest BCUT2D eigenvalue weighted by molar-refractivity contribution is 6.00. The molecule has 0 saturated heterocycles. The summed E-state index contributed by atoms with van der Waals surface area (Å²) in [6.45, 7) is 4.41.